The highest BCUT2D eigenvalue weighted by molar-refractivity contribution is 6.30. The van der Waals surface area contributed by atoms with Crippen molar-refractivity contribution in [1.29, 1.82) is 5.26 Å². The molecule has 0 radical (unpaired) electrons. The average Bonchev–Trinajstić information content (AvgIpc) is 2.70. The highest BCUT2D eigenvalue weighted by Crippen LogP contribution is 2.28. The Morgan fingerprint density at radius 2 is 1.93 bits per heavy atom. The van der Waals surface area contributed by atoms with E-state index in [0.717, 1.165) is 58.4 Å². The van der Waals surface area contributed by atoms with Crippen LogP contribution in [-0.4, -0.2) is 49.6 Å². The van der Waals surface area contributed by atoms with E-state index in [1.165, 1.54) is 12.5 Å². The molecule has 0 atom stereocenters. The largest absolute Gasteiger partial charge is 0.367 e. The average molecular weight is 407 g/mol. The number of nitrogens with one attached hydrogen (secondary N) is 1. The number of carbonyl (C=O) groups excluding carboxylic acids is 1. The van der Waals surface area contributed by atoms with Crippen molar-refractivity contribution >= 4 is 23.2 Å². The first-order valence-electron chi connectivity index (χ1n) is 10.1. The molecule has 3 rings (SSSR count). The molecule has 1 amide bonds. The van der Waals surface area contributed by atoms with Crippen LogP contribution in [0.5, 0.6) is 0 Å². The number of hydrogen-bond acceptors (Lipinski definition) is 4. The van der Waals surface area contributed by atoms with Gasteiger partial charge in [0.05, 0.1) is 11.8 Å². The van der Waals surface area contributed by atoms with Gasteiger partial charge in [0.2, 0.25) is 5.91 Å². The Morgan fingerprint density at radius 1 is 1.21 bits per heavy atom. The summed E-state index contributed by atoms with van der Waals surface area (Å²) in [6.07, 6.45) is 5.39. The van der Waals surface area contributed by atoms with Gasteiger partial charge in [0.25, 0.3) is 0 Å². The van der Waals surface area contributed by atoms with E-state index in [9.17, 15) is 9.18 Å². The molecule has 1 saturated heterocycles. The summed E-state index contributed by atoms with van der Waals surface area (Å²) in [4.78, 5) is 16.1. The minimum absolute atomic E-state index is 0.0506. The van der Waals surface area contributed by atoms with Crippen LogP contribution in [0.25, 0.3) is 0 Å². The standard InChI is InChI=1S/C21H28ClFN4O/c22-17-3-6-19(23)20(15-17)27-13-11-26(12-14-27)10-8-16-1-4-18(5-2-16)25-21(28)7-9-24/h3,6,15-16,18H,1-2,4-5,7-8,10-14H2,(H,25,28). The Labute approximate surface area is 171 Å². The Balaban J connectivity index is 1.36. The third-order valence-electron chi connectivity index (χ3n) is 5.93. The summed E-state index contributed by atoms with van der Waals surface area (Å²) in [7, 11) is 0. The van der Waals surface area contributed by atoms with Crippen molar-refractivity contribution in [3.05, 3.63) is 29.0 Å². The van der Waals surface area contributed by atoms with Gasteiger partial charge in [-0.1, -0.05) is 11.6 Å². The maximum Gasteiger partial charge on any atom is 0.234 e. The second kappa shape index (κ2) is 10.1. The van der Waals surface area contributed by atoms with E-state index in [4.69, 9.17) is 16.9 Å². The molecule has 1 aromatic carbocycles. The van der Waals surface area contributed by atoms with Crippen LogP contribution in [0.3, 0.4) is 0 Å². The summed E-state index contributed by atoms with van der Waals surface area (Å²) in [6.45, 7) is 4.57. The van der Waals surface area contributed by atoms with E-state index < -0.39 is 0 Å². The number of rotatable bonds is 6. The topological polar surface area (TPSA) is 59.4 Å². The molecule has 0 aromatic heterocycles. The molecule has 28 heavy (non-hydrogen) atoms. The van der Waals surface area contributed by atoms with Crippen molar-refractivity contribution in [2.24, 2.45) is 5.92 Å². The van der Waals surface area contributed by atoms with Crippen molar-refractivity contribution in [1.82, 2.24) is 10.2 Å². The Morgan fingerprint density at radius 3 is 2.61 bits per heavy atom. The Kier molecular flexibility index (Phi) is 7.52. The Bertz CT molecular complexity index is 707. The second-order valence-corrected chi connectivity index (χ2v) is 8.27. The Hall–Kier alpha value is -1.84. The van der Waals surface area contributed by atoms with Crippen molar-refractivity contribution in [3.8, 4) is 6.07 Å². The lowest BCUT2D eigenvalue weighted by Crippen LogP contribution is -2.47. The van der Waals surface area contributed by atoms with E-state index in [1.54, 1.807) is 12.1 Å². The first-order chi connectivity index (χ1) is 13.5. The van der Waals surface area contributed by atoms with Crippen LogP contribution in [0.4, 0.5) is 10.1 Å². The lowest BCUT2D eigenvalue weighted by atomic mass is 9.84. The number of amides is 1. The van der Waals surface area contributed by atoms with Gasteiger partial charge >= 0.3 is 0 Å². The molecule has 1 aliphatic heterocycles. The minimum atomic E-state index is -0.212. The van der Waals surface area contributed by atoms with Crippen LogP contribution in [-0.2, 0) is 4.79 Å². The fourth-order valence-corrected chi connectivity index (χ4v) is 4.42. The van der Waals surface area contributed by atoms with E-state index in [-0.39, 0.29) is 24.2 Å². The highest BCUT2D eigenvalue weighted by atomic mass is 35.5. The normalized spacial score (nSPS) is 23.2. The minimum Gasteiger partial charge on any atom is -0.367 e. The molecular weight excluding hydrogens is 379 g/mol. The van der Waals surface area contributed by atoms with E-state index in [2.05, 4.69) is 15.1 Å². The quantitative estimate of drug-likeness (QED) is 0.784. The SMILES string of the molecule is N#CCC(=O)NC1CCC(CCN2CCN(c3cc(Cl)ccc3F)CC2)CC1. The molecule has 152 valence electrons. The van der Waals surface area contributed by atoms with Gasteiger partial charge in [-0.05, 0) is 62.8 Å². The van der Waals surface area contributed by atoms with Crippen LogP contribution < -0.4 is 10.2 Å². The number of piperazine rings is 1. The number of anilines is 1. The fraction of sp³-hybridized carbons (Fsp3) is 0.619. The van der Waals surface area contributed by atoms with Crippen molar-refractivity contribution < 1.29 is 9.18 Å². The van der Waals surface area contributed by atoms with E-state index >= 15 is 0 Å². The van der Waals surface area contributed by atoms with Gasteiger partial charge in [-0.3, -0.25) is 9.69 Å². The third kappa shape index (κ3) is 5.83. The van der Waals surface area contributed by atoms with Gasteiger partial charge in [0.1, 0.15) is 12.2 Å². The number of benzene rings is 1. The number of hydrogen-bond donors (Lipinski definition) is 1. The van der Waals surface area contributed by atoms with Gasteiger partial charge in [-0.2, -0.15) is 5.26 Å². The summed E-state index contributed by atoms with van der Waals surface area (Å²) >= 11 is 6.01. The smallest absolute Gasteiger partial charge is 0.234 e. The molecule has 7 heteroatoms. The van der Waals surface area contributed by atoms with Crippen molar-refractivity contribution in [2.75, 3.05) is 37.6 Å². The maximum absolute atomic E-state index is 14.0. The van der Waals surface area contributed by atoms with Crippen LogP contribution >= 0.6 is 11.6 Å². The summed E-state index contributed by atoms with van der Waals surface area (Å²) in [5.41, 5.74) is 0.601. The van der Waals surface area contributed by atoms with E-state index in [1.807, 2.05) is 6.07 Å². The zero-order valence-electron chi connectivity index (χ0n) is 16.2. The summed E-state index contributed by atoms with van der Waals surface area (Å²) in [5, 5.41) is 12.1. The number of nitrogens with zero attached hydrogens (tertiary/aromatic N) is 3. The maximum atomic E-state index is 14.0. The van der Waals surface area contributed by atoms with Gasteiger partial charge in [-0.25, -0.2) is 4.39 Å². The second-order valence-electron chi connectivity index (χ2n) is 7.83. The molecule has 0 unspecified atom stereocenters. The molecule has 1 heterocycles. The molecule has 1 aliphatic carbocycles. The van der Waals surface area contributed by atoms with Gasteiger partial charge in [0.15, 0.2) is 0 Å². The molecule has 1 saturated carbocycles. The zero-order valence-corrected chi connectivity index (χ0v) is 16.9. The van der Waals surface area contributed by atoms with Crippen molar-refractivity contribution in [3.63, 3.8) is 0 Å². The highest BCUT2D eigenvalue weighted by Gasteiger charge is 2.24. The van der Waals surface area contributed by atoms with E-state index in [0.29, 0.717) is 16.6 Å². The first kappa shape index (κ1) is 20.9. The molecule has 2 aliphatic rings. The summed E-state index contributed by atoms with van der Waals surface area (Å²) in [6, 6.07) is 6.85. The molecule has 1 aromatic rings. The lowest BCUT2D eigenvalue weighted by molar-refractivity contribution is -0.121. The molecular formula is C21H28ClFN4O. The van der Waals surface area contributed by atoms with Gasteiger partial charge < -0.3 is 10.2 Å². The molecule has 2 fully saturated rings. The van der Waals surface area contributed by atoms with Crippen LogP contribution in [0.1, 0.15) is 38.5 Å². The number of nitriles is 1. The molecule has 0 spiro atoms. The van der Waals surface area contributed by atoms with Gasteiger partial charge in [0, 0.05) is 37.2 Å². The molecule has 0 bridgehead atoms. The third-order valence-corrected chi connectivity index (χ3v) is 6.16. The fourth-order valence-electron chi connectivity index (χ4n) is 4.25. The molecule has 1 N–H and O–H groups in total. The monoisotopic (exact) mass is 406 g/mol. The van der Waals surface area contributed by atoms with Crippen LogP contribution in [0.2, 0.25) is 5.02 Å². The van der Waals surface area contributed by atoms with Crippen molar-refractivity contribution in [2.45, 2.75) is 44.6 Å². The van der Waals surface area contributed by atoms with Gasteiger partial charge in [-0.15, -0.1) is 0 Å². The predicted octanol–water partition coefficient (Wildman–Crippen LogP) is 3.58. The number of carbonyl (C=O) groups is 1. The zero-order chi connectivity index (χ0) is 19.9. The predicted molar refractivity (Wildman–Crippen MR) is 109 cm³/mol. The number of halogens is 2. The molecule has 5 nitrogen and oxygen atoms in total. The summed E-state index contributed by atoms with van der Waals surface area (Å²) < 4.78 is 14.0. The first-order valence-corrected chi connectivity index (χ1v) is 10.5. The van der Waals surface area contributed by atoms with Crippen LogP contribution in [0, 0.1) is 23.1 Å². The summed E-state index contributed by atoms with van der Waals surface area (Å²) in [5.74, 6) is 0.337. The lowest BCUT2D eigenvalue weighted by Gasteiger charge is -2.37. The van der Waals surface area contributed by atoms with Crippen LogP contribution in [0.15, 0.2) is 18.2 Å².